The average Bonchev–Trinajstić information content (AvgIpc) is 3.15. The molecule has 2 aliphatic carbocycles. The summed E-state index contributed by atoms with van der Waals surface area (Å²) < 4.78 is 7.94. The van der Waals surface area contributed by atoms with Gasteiger partial charge in [-0.1, -0.05) is 0 Å². The minimum atomic E-state index is 0.219. The van der Waals surface area contributed by atoms with Crippen molar-refractivity contribution < 1.29 is 9.53 Å². The zero-order valence-electron chi connectivity index (χ0n) is 15.0. The van der Waals surface area contributed by atoms with E-state index in [0.717, 1.165) is 31.6 Å². The van der Waals surface area contributed by atoms with Gasteiger partial charge >= 0.3 is 0 Å². The van der Waals surface area contributed by atoms with Gasteiger partial charge in [0.15, 0.2) is 0 Å². The molecule has 0 spiro atoms. The lowest BCUT2D eigenvalue weighted by Gasteiger charge is -2.40. The second kappa shape index (κ2) is 6.19. The number of fused-ring (bicyclic) bond motifs is 1. The molecule has 0 unspecified atom stereocenters. The molecule has 0 aromatic carbocycles. The van der Waals surface area contributed by atoms with E-state index in [1.807, 2.05) is 19.2 Å². The molecular weight excluding hydrogens is 302 g/mol. The number of aromatic nitrogens is 1. The third kappa shape index (κ3) is 2.78. The highest BCUT2D eigenvalue weighted by atomic mass is 16.5. The molecule has 1 aliphatic heterocycles. The zero-order chi connectivity index (χ0) is 16.8. The molecule has 3 aliphatic rings. The van der Waals surface area contributed by atoms with Crippen LogP contribution in [0.1, 0.15) is 42.2 Å². The normalized spacial score (nSPS) is 33.1. The molecule has 0 radical (unpaired) electrons. The third-order valence-corrected chi connectivity index (χ3v) is 6.28. The first kappa shape index (κ1) is 16.2. The summed E-state index contributed by atoms with van der Waals surface area (Å²) in [5.41, 5.74) is 0.878. The molecular formula is C19H29N3O2. The van der Waals surface area contributed by atoms with E-state index in [1.54, 1.807) is 0 Å². The number of methoxy groups -OCH3 is 1. The second-order valence-electron chi connectivity index (χ2n) is 8.04. The summed E-state index contributed by atoms with van der Waals surface area (Å²) in [6.07, 6.45) is 6.96. The van der Waals surface area contributed by atoms with Crippen LogP contribution in [0.15, 0.2) is 18.3 Å². The Morgan fingerprint density at radius 1 is 1.21 bits per heavy atom. The molecule has 4 rings (SSSR count). The van der Waals surface area contributed by atoms with Crippen LogP contribution < -0.4 is 0 Å². The number of hydrogen-bond acceptors (Lipinski definition) is 3. The van der Waals surface area contributed by atoms with Gasteiger partial charge in [-0.15, -0.1) is 0 Å². The highest BCUT2D eigenvalue weighted by molar-refractivity contribution is 5.93. The number of ether oxygens (including phenoxy) is 1. The van der Waals surface area contributed by atoms with Crippen molar-refractivity contribution in [2.75, 3.05) is 34.3 Å². The fraction of sp³-hybridized carbons (Fsp3) is 0.737. The molecule has 0 bridgehead atoms. The van der Waals surface area contributed by atoms with E-state index in [0.29, 0.717) is 23.9 Å². The van der Waals surface area contributed by atoms with Crippen LogP contribution in [-0.2, 0) is 4.74 Å². The van der Waals surface area contributed by atoms with E-state index in [4.69, 9.17) is 4.74 Å². The lowest BCUT2D eigenvalue weighted by Crippen LogP contribution is -2.47. The smallest absolute Gasteiger partial charge is 0.270 e. The number of rotatable bonds is 4. The van der Waals surface area contributed by atoms with Gasteiger partial charge in [0.1, 0.15) is 5.69 Å². The van der Waals surface area contributed by atoms with Crippen LogP contribution in [0.3, 0.4) is 0 Å². The number of amides is 1. The summed E-state index contributed by atoms with van der Waals surface area (Å²) >= 11 is 0. The molecule has 1 saturated heterocycles. The summed E-state index contributed by atoms with van der Waals surface area (Å²) in [6, 6.07) is 5.02. The van der Waals surface area contributed by atoms with Gasteiger partial charge in [-0.3, -0.25) is 4.79 Å². The Bertz CT molecular complexity index is 608. The Labute approximate surface area is 144 Å². The van der Waals surface area contributed by atoms with Crippen LogP contribution in [0.25, 0.3) is 0 Å². The lowest BCUT2D eigenvalue weighted by molar-refractivity contribution is -0.0209. The molecule has 1 aromatic heterocycles. The van der Waals surface area contributed by atoms with Crippen LogP contribution in [0, 0.1) is 11.8 Å². The zero-order valence-corrected chi connectivity index (χ0v) is 15.0. The molecule has 2 saturated carbocycles. The van der Waals surface area contributed by atoms with Gasteiger partial charge in [0, 0.05) is 38.5 Å². The highest BCUT2D eigenvalue weighted by Crippen LogP contribution is 2.40. The molecule has 4 atom stereocenters. The number of carbonyl (C=O) groups excluding carboxylic acids is 1. The first-order chi connectivity index (χ1) is 11.6. The summed E-state index contributed by atoms with van der Waals surface area (Å²) in [7, 11) is 6.09. The average molecular weight is 331 g/mol. The second-order valence-corrected chi connectivity index (χ2v) is 8.04. The first-order valence-electron chi connectivity index (χ1n) is 9.23. The van der Waals surface area contributed by atoms with Crippen LogP contribution in [0.5, 0.6) is 0 Å². The summed E-state index contributed by atoms with van der Waals surface area (Å²) in [4.78, 5) is 17.4. The molecule has 1 aromatic rings. The van der Waals surface area contributed by atoms with Crippen LogP contribution in [-0.4, -0.2) is 66.7 Å². The SMILES string of the molecule is CO[C@@H]1C[C@H]2CN(C(=O)c3cccn3C3CC3)C[C@H]2C[C@H]1N(C)C. The standard InChI is InChI=1S/C19H29N3O2/c1-20(2)17-9-13-11-21(12-14(13)10-18(17)24-3)19(23)16-5-4-8-22(16)15-6-7-15/h4-5,8,13-15,17-18H,6-7,9-12H2,1-3H3/t13-,14+,17-,18-/m1/s1. The lowest BCUT2D eigenvalue weighted by atomic mass is 9.77. The van der Waals surface area contributed by atoms with Crippen molar-refractivity contribution in [3.8, 4) is 0 Å². The van der Waals surface area contributed by atoms with Crippen molar-refractivity contribution in [3.63, 3.8) is 0 Å². The van der Waals surface area contributed by atoms with Crippen LogP contribution >= 0.6 is 0 Å². The maximum atomic E-state index is 13.0. The molecule has 24 heavy (non-hydrogen) atoms. The van der Waals surface area contributed by atoms with Crippen molar-refractivity contribution in [1.29, 1.82) is 0 Å². The van der Waals surface area contributed by atoms with Crippen molar-refractivity contribution >= 4 is 5.91 Å². The van der Waals surface area contributed by atoms with E-state index < -0.39 is 0 Å². The molecule has 0 N–H and O–H groups in total. The minimum absolute atomic E-state index is 0.219. The van der Waals surface area contributed by atoms with Gasteiger partial charge < -0.3 is 19.1 Å². The van der Waals surface area contributed by atoms with E-state index in [-0.39, 0.29) is 12.0 Å². The topological polar surface area (TPSA) is 37.7 Å². The van der Waals surface area contributed by atoms with Gasteiger partial charge in [-0.05, 0) is 63.7 Å². The largest absolute Gasteiger partial charge is 0.380 e. The fourth-order valence-electron chi connectivity index (χ4n) is 4.76. The number of likely N-dealkylation sites (tertiary alicyclic amines) is 1. The van der Waals surface area contributed by atoms with Gasteiger partial charge in [0.05, 0.1) is 6.10 Å². The molecule has 132 valence electrons. The van der Waals surface area contributed by atoms with Crippen molar-refractivity contribution in [2.24, 2.45) is 11.8 Å². The highest BCUT2D eigenvalue weighted by Gasteiger charge is 2.44. The van der Waals surface area contributed by atoms with Crippen LogP contribution in [0.4, 0.5) is 0 Å². The minimum Gasteiger partial charge on any atom is -0.380 e. The molecule has 5 nitrogen and oxygen atoms in total. The van der Waals surface area contributed by atoms with E-state index >= 15 is 0 Å². The Kier molecular flexibility index (Phi) is 4.17. The van der Waals surface area contributed by atoms with E-state index in [2.05, 4.69) is 34.7 Å². The Hall–Kier alpha value is -1.33. The number of carbonyl (C=O) groups is 1. The number of likely N-dealkylation sites (N-methyl/N-ethyl adjacent to an activating group) is 1. The van der Waals surface area contributed by atoms with Crippen molar-refractivity contribution in [2.45, 2.75) is 43.9 Å². The van der Waals surface area contributed by atoms with E-state index in [1.165, 1.54) is 12.8 Å². The number of hydrogen-bond donors (Lipinski definition) is 0. The predicted molar refractivity (Wildman–Crippen MR) is 93.1 cm³/mol. The van der Waals surface area contributed by atoms with Gasteiger partial charge in [-0.25, -0.2) is 0 Å². The summed E-state index contributed by atoms with van der Waals surface area (Å²) in [5, 5.41) is 0. The van der Waals surface area contributed by atoms with Gasteiger partial charge in [0.25, 0.3) is 5.91 Å². The molecule has 3 fully saturated rings. The Morgan fingerprint density at radius 2 is 1.92 bits per heavy atom. The molecule has 2 heterocycles. The molecule has 5 heteroatoms. The predicted octanol–water partition coefficient (Wildman–Crippen LogP) is 2.25. The summed E-state index contributed by atoms with van der Waals surface area (Å²) in [6.45, 7) is 1.79. The summed E-state index contributed by atoms with van der Waals surface area (Å²) in [5.74, 6) is 1.41. The maximum absolute atomic E-state index is 13.0. The van der Waals surface area contributed by atoms with E-state index in [9.17, 15) is 4.79 Å². The quantitative estimate of drug-likeness (QED) is 0.849. The number of nitrogens with zero attached hydrogens (tertiary/aromatic N) is 3. The van der Waals surface area contributed by atoms with Crippen LogP contribution in [0.2, 0.25) is 0 Å². The van der Waals surface area contributed by atoms with Gasteiger partial charge in [-0.2, -0.15) is 0 Å². The fourth-order valence-corrected chi connectivity index (χ4v) is 4.76. The third-order valence-electron chi connectivity index (χ3n) is 6.28. The Morgan fingerprint density at radius 3 is 2.54 bits per heavy atom. The molecule has 1 amide bonds. The first-order valence-corrected chi connectivity index (χ1v) is 9.23. The maximum Gasteiger partial charge on any atom is 0.270 e. The van der Waals surface area contributed by atoms with Crippen molar-refractivity contribution in [3.05, 3.63) is 24.0 Å². The van der Waals surface area contributed by atoms with Gasteiger partial charge in [0.2, 0.25) is 0 Å². The monoisotopic (exact) mass is 331 g/mol. The van der Waals surface area contributed by atoms with Crippen molar-refractivity contribution in [1.82, 2.24) is 14.4 Å². The Balaban J connectivity index is 1.48.